The summed E-state index contributed by atoms with van der Waals surface area (Å²) in [6.07, 6.45) is 1.55. The number of tetrazole rings is 1. The van der Waals surface area contributed by atoms with Gasteiger partial charge in [-0.15, -0.1) is 0 Å². The molecule has 1 fully saturated rings. The molecule has 1 aliphatic heterocycles. The van der Waals surface area contributed by atoms with Crippen LogP contribution in [0.2, 0.25) is 0 Å². The lowest BCUT2D eigenvalue weighted by molar-refractivity contribution is 0.0251. The summed E-state index contributed by atoms with van der Waals surface area (Å²) in [6, 6.07) is 11.9. The van der Waals surface area contributed by atoms with E-state index in [2.05, 4.69) is 27.3 Å². The molecule has 7 heteroatoms. The Balaban J connectivity index is 1.61. The number of aryl methyl sites for hydroxylation is 1. The number of anilines is 1. The minimum atomic E-state index is -0.109. The monoisotopic (exact) mass is 311 g/mol. The molecule has 2 aromatic heterocycles. The van der Waals surface area contributed by atoms with Gasteiger partial charge in [0.25, 0.3) is 5.95 Å². The van der Waals surface area contributed by atoms with E-state index in [1.165, 1.54) is 5.56 Å². The normalized spacial score (nSPS) is 18.3. The third kappa shape index (κ3) is 2.70. The van der Waals surface area contributed by atoms with Gasteiger partial charge in [-0.2, -0.15) is 4.68 Å². The van der Waals surface area contributed by atoms with Crippen LogP contribution in [0.4, 0.5) is 5.95 Å². The average molecular weight is 311 g/mol. The molecule has 0 saturated carbocycles. The lowest BCUT2D eigenvalue weighted by Crippen LogP contribution is -2.39. The number of rotatable bonds is 3. The Morgan fingerprint density at radius 1 is 1.17 bits per heavy atom. The van der Waals surface area contributed by atoms with Crippen molar-refractivity contribution in [3.8, 4) is 5.69 Å². The van der Waals surface area contributed by atoms with Crippen LogP contribution in [0.15, 0.2) is 47.1 Å². The highest BCUT2D eigenvalue weighted by atomic mass is 16.5. The van der Waals surface area contributed by atoms with Gasteiger partial charge in [0.05, 0.1) is 25.1 Å². The lowest BCUT2D eigenvalue weighted by atomic mass is 10.2. The number of morpholine rings is 1. The predicted octanol–water partition coefficient (Wildman–Crippen LogP) is 2.14. The van der Waals surface area contributed by atoms with Crippen LogP contribution >= 0.6 is 0 Å². The average Bonchev–Trinajstić information content (AvgIpc) is 3.27. The van der Waals surface area contributed by atoms with Crippen LogP contribution in [-0.4, -0.2) is 39.9 Å². The minimum Gasteiger partial charge on any atom is -0.467 e. The van der Waals surface area contributed by atoms with E-state index >= 15 is 0 Å². The van der Waals surface area contributed by atoms with Gasteiger partial charge >= 0.3 is 0 Å². The van der Waals surface area contributed by atoms with Crippen molar-refractivity contribution >= 4 is 5.95 Å². The molecule has 0 amide bonds. The quantitative estimate of drug-likeness (QED) is 0.738. The van der Waals surface area contributed by atoms with Crippen molar-refractivity contribution in [3.05, 3.63) is 54.0 Å². The SMILES string of the molecule is Cc1ccc(-n2nnnc2N2CCOC(c3ccco3)C2)cc1. The molecule has 118 valence electrons. The van der Waals surface area contributed by atoms with Crippen LogP contribution in [-0.2, 0) is 4.74 Å². The fraction of sp³-hybridized carbons (Fsp3) is 0.312. The smallest absolute Gasteiger partial charge is 0.250 e. The van der Waals surface area contributed by atoms with E-state index in [0.29, 0.717) is 19.1 Å². The summed E-state index contributed by atoms with van der Waals surface area (Å²) in [4.78, 5) is 2.12. The largest absolute Gasteiger partial charge is 0.467 e. The van der Waals surface area contributed by atoms with Crippen LogP contribution in [0.1, 0.15) is 17.4 Å². The number of ether oxygens (including phenoxy) is 1. The molecule has 1 saturated heterocycles. The first-order valence-electron chi connectivity index (χ1n) is 7.56. The van der Waals surface area contributed by atoms with E-state index in [0.717, 1.165) is 18.0 Å². The van der Waals surface area contributed by atoms with Crippen molar-refractivity contribution in [1.82, 2.24) is 20.2 Å². The molecule has 4 rings (SSSR count). The van der Waals surface area contributed by atoms with Gasteiger partial charge in [0.15, 0.2) is 0 Å². The molecule has 0 N–H and O–H groups in total. The first kappa shape index (κ1) is 14.0. The van der Waals surface area contributed by atoms with Gasteiger partial charge < -0.3 is 14.1 Å². The number of hydrogen-bond donors (Lipinski definition) is 0. The van der Waals surface area contributed by atoms with Crippen molar-refractivity contribution in [2.75, 3.05) is 24.6 Å². The van der Waals surface area contributed by atoms with Gasteiger partial charge in [0, 0.05) is 6.54 Å². The maximum Gasteiger partial charge on any atom is 0.250 e. The Morgan fingerprint density at radius 2 is 2.04 bits per heavy atom. The summed E-state index contributed by atoms with van der Waals surface area (Å²) in [5, 5.41) is 12.2. The molecule has 1 aliphatic rings. The zero-order valence-electron chi connectivity index (χ0n) is 12.8. The molecular weight excluding hydrogens is 294 g/mol. The second-order valence-corrected chi connectivity index (χ2v) is 5.55. The Hall–Kier alpha value is -2.67. The standard InChI is InChI=1S/C16H17N5O2/c1-12-4-6-13(7-5-12)21-16(17-18-19-21)20-8-10-23-15(11-20)14-3-2-9-22-14/h2-7,9,15H,8,10-11H2,1H3. The third-order valence-electron chi connectivity index (χ3n) is 3.94. The summed E-state index contributed by atoms with van der Waals surface area (Å²) in [5.41, 5.74) is 2.14. The zero-order valence-corrected chi connectivity index (χ0v) is 12.8. The van der Waals surface area contributed by atoms with Crippen LogP contribution in [0.25, 0.3) is 5.69 Å². The van der Waals surface area contributed by atoms with E-state index in [9.17, 15) is 0 Å². The summed E-state index contributed by atoms with van der Waals surface area (Å²) >= 11 is 0. The maximum atomic E-state index is 5.80. The second-order valence-electron chi connectivity index (χ2n) is 5.55. The van der Waals surface area contributed by atoms with Gasteiger partial charge in [-0.1, -0.05) is 22.8 Å². The number of hydrogen-bond acceptors (Lipinski definition) is 6. The van der Waals surface area contributed by atoms with Crippen LogP contribution < -0.4 is 4.90 Å². The molecule has 0 aliphatic carbocycles. The molecule has 7 nitrogen and oxygen atoms in total. The van der Waals surface area contributed by atoms with Crippen LogP contribution in [0.5, 0.6) is 0 Å². The zero-order chi connectivity index (χ0) is 15.6. The molecule has 0 radical (unpaired) electrons. The Kier molecular flexibility index (Phi) is 3.55. The molecule has 3 heterocycles. The summed E-state index contributed by atoms with van der Waals surface area (Å²) < 4.78 is 13.0. The van der Waals surface area contributed by atoms with Crippen molar-refractivity contribution in [2.45, 2.75) is 13.0 Å². The number of nitrogens with zero attached hydrogens (tertiary/aromatic N) is 5. The first-order chi connectivity index (χ1) is 11.3. The second kappa shape index (κ2) is 5.85. The van der Waals surface area contributed by atoms with Gasteiger partial charge in [-0.05, 0) is 41.6 Å². The molecule has 1 atom stereocenters. The third-order valence-corrected chi connectivity index (χ3v) is 3.94. The van der Waals surface area contributed by atoms with E-state index in [4.69, 9.17) is 9.15 Å². The van der Waals surface area contributed by atoms with Gasteiger partial charge in [0.2, 0.25) is 0 Å². The van der Waals surface area contributed by atoms with Crippen molar-refractivity contribution < 1.29 is 9.15 Å². The Bertz CT molecular complexity index is 766. The fourth-order valence-electron chi connectivity index (χ4n) is 2.71. The topological polar surface area (TPSA) is 69.2 Å². The van der Waals surface area contributed by atoms with E-state index < -0.39 is 0 Å². The molecule has 0 bridgehead atoms. The summed E-state index contributed by atoms with van der Waals surface area (Å²) in [5.74, 6) is 1.54. The highest BCUT2D eigenvalue weighted by molar-refractivity contribution is 5.42. The minimum absolute atomic E-state index is 0.109. The first-order valence-corrected chi connectivity index (χ1v) is 7.56. The Morgan fingerprint density at radius 3 is 2.83 bits per heavy atom. The highest BCUT2D eigenvalue weighted by Gasteiger charge is 2.27. The number of aromatic nitrogens is 4. The van der Waals surface area contributed by atoms with Gasteiger partial charge in [0.1, 0.15) is 11.9 Å². The molecule has 1 unspecified atom stereocenters. The van der Waals surface area contributed by atoms with E-state index in [1.54, 1.807) is 10.9 Å². The van der Waals surface area contributed by atoms with Crippen molar-refractivity contribution in [3.63, 3.8) is 0 Å². The van der Waals surface area contributed by atoms with Gasteiger partial charge in [-0.25, -0.2) is 0 Å². The number of benzene rings is 1. The van der Waals surface area contributed by atoms with Crippen molar-refractivity contribution in [2.24, 2.45) is 0 Å². The summed E-state index contributed by atoms with van der Waals surface area (Å²) in [6.45, 7) is 4.05. The lowest BCUT2D eigenvalue weighted by Gasteiger charge is -2.32. The molecular formula is C16H17N5O2. The molecule has 23 heavy (non-hydrogen) atoms. The fourth-order valence-corrected chi connectivity index (χ4v) is 2.71. The van der Waals surface area contributed by atoms with E-state index in [1.807, 2.05) is 36.4 Å². The number of furan rings is 1. The van der Waals surface area contributed by atoms with Crippen LogP contribution in [0.3, 0.4) is 0 Å². The van der Waals surface area contributed by atoms with Crippen molar-refractivity contribution in [1.29, 1.82) is 0 Å². The predicted molar refractivity (Wildman–Crippen MR) is 83.5 cm³/mol. The Labute approximate surface area is 133 Å². The molecule has 1 aromatic carbocycles. The van der Waals surface area contributed by atoms with Crippen LogP contribution in [0, 0.1) is 6.92 Å². The molecule has 0 spiro atoms. The summed E-state index contributed by atoms with van der Waals surface area (Å²) in [7, 11) is 0. The molecule has 3 aromatic rings. The van der Waals surface area contributed by atoms with E-state index in [-0.39, 0.29) is 6.10 Å². The van der Waals surface area contributed by atoms with Gasteiger partial charge in [-0.3, -0.25) is 0 Å². The highest BCUT2D eigenvalue weighted by Crippen LogP contribution is 2.26. The maximum absolute atomic E-state index is 5.80.